The van der Waals surface area contributed by atoms with Crippen molar-refractivity contribution in [3.05, 3.63) is 65.2 Å². The first-order chi connectivity index (χ1) is 17.5. The lowest BCUT2D eigenvalue weighted by Crippen LogP contribution is -2.49. The van der Waals surface area contributed by atoms with E-state index in [9.17, 15) is 9.59 Å². The Morgan fingerprint density at radius 2 is 2.00 bits per heavy atom. The second kappa shape index (κ2) is 10.4. The maximum Gasteiger partial charge on any atom is 0.291 e. The summed E-state index contributed by atoms with van der Waals surface area (Å²) in [4.78, 5) is 34.2. The normalized spacial score (nSPS) is 18.2. The molecule has 10 nitrogen and oxygen atoms in total. The molecule has 0 radical (unpaired) electrons. The van der Waals surface area contributed by atoms with Crippen LogP contribution in [0, 0.1) is 6.92 Å². The molecule has 0 unspecified atom stereocenters. The Balaban J connectivity index is 1.26. The van der Waals surface area contributed by atoms with Crippen molar-refractivity contribution >= 4 is 23.2 Å². The van der Waals surface area contributed by atoms with Gasteiger partial charge in [0.15, 0.2) is 0 Å². The molecular formula is C26H30N6O4. The maximum atomic E-state index is 13.2. The molecule has 5 rings (SSSR count). The zero-order valence-electron chi connectivity index (χ0n) is 20.5. The number of H-pyrrole nitrogens is 1. The summed E-state index contributed by atoms with van der Waals surface area (Å²) in [6, 6.07) is 13.0. The third-order valence-electron chi connectivity index (χ3n) is 6.46. The third-order valence-corrected chi connectivity index (χ3v) is 6.46. The second-order valence-corrected chi connectivity index (χ2v) is 9.11. The van der Waals surface area contributed by atoms with E-state index in [1.54, 1.807) is 7.05 Å². The van der Waals surface area contributed by atoms with Gasteiger partial charge in [0.05, 0.1) is 12.3 Å². The number of nitrogens with zero attached hydrogens (tertiary/aromatic N) is 4. The topological polar surface area (TPSA) is 113 Å². The van der Waals surface area contributed by atoms with E-state index in [1.165, 1.54) is 10.5 Å². The number of nitrogens with one attached hydrogen (secondary N) is 2. The van der Waals surface area contributed by atoms with Crippen molar-refractivity contribution in [1.82, 2.24) is 20.5 Å². The molecule has 2 aliphatic rings. The summed E-state index contributed by atoms with van der Waals surface area (Å²) in [5.41, 5.74) is 3.90. The number of carbonyl (C=O) groups excluding carboxylic acids is 2. The SMILES string of the molecule is Cc1ccc(Cc2nc(C(=O)N[C@H]3COc4ccc(N5CCCOCC5)cc4N(C)C3=O)n[nH]2)cc1. The Morgan fingerprint density at radius 1 is 1.17 bits per heavy atom. The summed E-state index contributed by atoms with van der Waals surface area (Å²) < 4.78 is 11.5. The van der Waals surface area contributed by atoms with E-state index in [2.05, 4.69) is 25.4 Å². The summed E-state index contributed by atoms with van der Waals surface area (Å²) in [7, 11) is 1.69. The number of likely N-dealkylation sites (N-methyl/N-ethyl adjacent to an activating group) is 1. The number of amides is 2. The van der Waals surface area contributed by atoms with E-state index in [4.69, 9.17) is 9.47 Å². The highest BCUT2D eigenvalue weighted by molar-refractivity contribution is 6.02. The molecule has 1 atom stereocenters. The first-order valence-electron chi connectivity index (χ1n) is 12.1. The molecule has 2 amide bonds. The van der Waals surface area contributed by atoms with Gasteiger partial charge in [-0.05, 0) is 37.1 Å². The van der Waals surface area contributed by atoms with Crippen molar-refractivity contribution in [2.24, 2.45) is 0 Å². The van der Waals surface area contributed by atoms with Crippen molar-refractivity contribution in [3.63, 3.8) is 0 Å². The fourth-order valence-corrected chi connectivity index (χ4v) is 4.39. The van der Waals surface area contributed by atoms with Gasteiger partial charge in [0.25, 0.3) is 11.8 Å². The van der Waals surface area contributed by atoms with Crippen LogP contribution in [0.25, 0.3) is 0 Å². The summed E-state index contributed by atoms with van der Waals surface area (Å²) in [6.07, 6.45) is 1.47. The Hall–Kier alpha value is -3.92. The number of fused-ring (bicyclic) bond motifs is 1. The van der Waals surface area contributed by atoms with Crippen molar-refractivity contribution in [2.45, 2.75) is 25.8 Å². The summed E-state index contributed by atoms with van der Waals surface area (Å²) in [5.74, 6) is 0.348. The molecule has 0 bridgehead atoms. The van der Waals surface area contributed by atoms with E-state index in [1.807, 2.05) is 49.4 Å². The number of carbonyl (C=O) groups is 2. The maximum absolute atomic E-state index is 13.2. The first-order valence-corrected chi connectivity index (χ1v) is 12.1. The summed E-state index contributed by atoms with van der Waals surface area (Å²) >= 11 is 0. The molecular weight excluding hydrogens is 460 g/mol. The standard InChI is InChI=1S/C26H30N6O4/c1-17-4-6-18(7-5-17)14-23-28-24(30-29-23)25(33)27-20-16-36-22-9-8-19(15-21(22)31(2)26(20)34)32-10-3-12-35-13-11-32/h4-9,15,20H,3,10-14,16H2,1-2H3,(H,27,33)(H,28,29,30)/t20-/m0/s1. The largest absolute Gasteiger partial charge is 0.489 e. The van der Waals surface area contributed by atoms with Gasteiger partial charge in [-0.25, -0.2) is 4.98 Å². The van der Waals surface area contributed by atoms with Gasteiger partial charge in [-0.3, -0.25) is 14.7 Å². The number of rotatable bonds is 5. The van der Waals surface area contributed by atoms with Gasteiger partial charge in [0.2, 0.25) is 5.82 Å². The number of aryl methyl sites for hydroxylation is 1. The van der Waals surface area contributed by atoms with E-state index >= 15 is 0 Å². The minimum absolute atomic E-state index is 0.0134. The third kappa shape index (κ3) is 5.18. The van der Waals surface area contributed by atoms with Crippen LogP contribution in [-0.4, -0.2) is 73.0 Å². The molecule has 188 valence electrons. The van der Waals surface area contributed by atoms with Gasteiger partial charge in [-0.1, -0.05) is 29.8 Å². The molecule has 36 heavy (non-hydrogen) atoms. The van der Waals surface area contributed by atoms with Gasteiger partial charge in [-0.2, -0.15) is 0 Å². The van der Waals surface area contributed by atoms with Crippen LogP contribution < -0.4 is 19.9 Å². The van der Waals surface area contributed by atoms with E-state index < -0.39 is 11.9 Å². The molecule has 0 saturated carbocycles. The Bertz CT molecular complexity index is 1230. The zero-order chi connectivity index (χ0) is 25.1. The van der Waals surface area contributed by atoms with Gasteiger partial charge >= 0.3 is 0 Å². The fourth-order valence-electron chi connectivity index (χ4n) is 4.39. The number of ether oxygens (including phenoxy) is 2. The van der Waals surface area contributed by atoms with Crippen LogP contribution in [0.1, 0.15) is 34.0 Å². The molecule has 3 aromatic rings. The smallest absolute Gasteiger partial charge is 0.291 e. The van der Waals surface area contributed by atoms with Crippen LogP contribution in [-0.2, 0) is 16.0 Å². The quantitative estimate of drug-likeness (QED) is 0.563. The molecule has 0 spiro atoms. The Kier molecular flexibility index (Phi) is 6.86. The minimum Gasteiger partial charge on any atom is -0.489 e. The van der Waals surface area contributed by atoms with E-state index in [-0.39, 0.29) is 18.3 Å². The predicted octanol–water partition coefficient (Wildman–Crippen LogP) is 2.08. The monoisotopic (exact) mass is 490 g/mol. The van der Waals surface area contributed by atoms with Crippen LogP contribution in [0.2, 0.25) is 0 Å². The van der Waals surface area contributed by atoms with Gasteiger partial charge in [0.1, 0.15) is 24.2 Å². The van der Waals surface area contributed by atoms with E-state index in [0.29, 0.717) is 30.3 Å². The van der Waals surface area contributed by atoms with Crippen molar-refractivity contribution < 1.29 is 19.1 Å². The van der Waals surface area contributed by atoms with Crippen molar-refractivity contribution in [2.75, 3.05) is 49.8 Å². The number of aromatic nitrogens is 3. The molecule has 0 aliphatic carbocycles. The molecule has 1 aromatic heterocycles. The Labute approximate surface area is 209 Å². The second-order valence-electron chi connectivity index (χ2n) is 9.11. The van der Waals surface area contributed by atoms with Crippen LogP contribution in [0.4, 0.5) is 11.4 Å². The van der Waals surface area contributed by atoms with Gasteiger partial charge in [-0.15, -0.1) is 5.10 Å². The lowest BCUT2D eigenvalue weighted by molar-refractivity contribution is -0.120. The molecule has 10 heteroatoms. The van der Waals surface area contributed by atoms with Gasteiger partial charge < -0.3 is 24.6 Å². The number of aromatic amines is 1. The lowest BCUT2D eigenvalue weighted by Gasteiger charge is -2.25. The molecule has 1 fully saturated rings. The minimum atomic E-state index is -0.871. The van der Waals surface area contributed by atoms with Crippen molar-refractivity contribution in [3.8, 4) is 5.75 Å². The van der Waals surface area contributed by atoms with Crippen LogP contribution in [0.5, 0.6) is 5.75 Å². The summed E-state index contributed by atoms with van der Waals surface area (Å²) in [6.45, 7) is 5.14. The molecule has 2 N–H and O–H groups in total. The molecule has 1 saturated heterocycles. The average Bonchev–Trinajstić information content (AvgIpc) is 3.13. The Morgan fingerprint density at radius 3 is 2.83 bits per heavy atom. The number of hydrogen-bond acceptors (Lipinski definition) is 7. The van der Waals surface area contributed by atoms with E-state index in [0.717, 1.165) is 37.4 Å². The van der Waals surface area contributed by atoms with Crippen LogP contribution in [0.3, 0.4) is 0 Å². The number of benzene rings is 2. The first kappa shape index (κ1) is 23.8. The molecule has 2 aromatic carbocycles. The number of anilines is 2. The predicted molar refractivity (Wildman–Crippen MR) is 135 cm³/mol. The highest BCUT2D eigenvalue weighted by Gasteiger charge is 2.32. The zero-order valence-corrected chi connectivity index (χ0v) is 20.5. The highest BCUT2D eigenvalue weighted by Crippen LogP contribution is 2.34. The average molecular weight is 491 g/mol. The van der Waals surface area contributed by atoms with Crippen molar-refractivity contribution in [1.29, 1.82) is 0 Å². The number of hydrogen-bond donors (Lipinski definition) is 2. The van der Waals surface area contributed by atoms with Crippen LogP contribution >= 0.6 is 0 Å². The lowest BCUT2D eigenvalue weighted by atomic mass is 10.1. The molecule has 2 aliphatic heterocycles. The fraction of sp³-hybridized carbons (Fsp3) is 0.385. The molecule has 3 heterocycles. The van der Waals surface area contributed by atoms with Crippen LogP contribution in [0.15, 0.2) is 42.5 Å². The highest BCUT2D eigenvalue weighted by atomic mass is 16.5. The van der Waals surface area contributed by atoms with Gasteiger partial charge in [0, 0.05) is 38.9 Å². The summed E-state index contributed by atoms with van der Waals surface area (Å²) in [5, 5.41) is 9.59.